The second-order valence-electron chi connectivity index (χ2n) is 7.67. The molecule has 0 spiro atoms. The van der Waals surface area contributed by atoms with Crippen LogP contribution in [0.25, 0.3) is 0 Å². The highest BCUT2D eigenvalue weighted by Gasteiger charge is 2.23. The van der Waals surface area contributed by atoms with E-state index in [1.54, 1.807) is 17.7 Å². The summed E-state index contributed by atoms with van der Waals surface area (Å²) in [7, 11) is 0. The Labute approximate surface area is 164 Å². The number of hydrogen-bond acceptors (Lipinski definition) is 6. The molecule has 27 heavy (non-hydrogen) atoms. The molecule has 2 aromatic heterocycles. The van der Waals surface area contributed by atoms with Crippen LogP contribution in [0.4, 0.5) is 11.6 Å². The first-order chi connectivity index (χ1) is 13.2. The summed E-state index contributed by atoms with van der Waals surface area (Å²) < 4.78 is 0. The minimum absolute atomic E-state index is 0.0400. The van der Waals surface area contributed by atoms with Gasteiger partial charge in [-0.3, -0.25) is 4.79 Å². The molecule has 2 aliphatic rings. The van der Waals surface area contributed by atoms with Crippen LogP contribution in [0, 0.1) is 5.92 Å². The van der Waals surface area contributed by atoms with Gasteiger partial charge < -0.3 is 15.1 Å². The molecule has 0 bridgehead atoms. The van der Waals surface area contributed by atoms with Gasteiger partial charge >= 0.3 is 0 Å². The lowest BCUT2D eigenvalue weighted by molar-refractivity contribution is 0.0931. The zero-order chi connectivity index (χ0) is 18.6. The standard InChI is InChI=1S/C20H27N5OS/c1-15-3-2-7-25(12-15)19-11-18(21-14-22-19)24-8-4-17(5-9-24)23-20(26)16-6-10-27-13-16/h6,10-11,13-15,17H,2-5,7-9,12H2,1H3,(H,23,26). The van der Waals surface area contributed by atoms with Crippen LogP contribution in [0.2, 0.25) is 0 Å². The molecule has 1 atom stereocenters. The number of hydrogen-bond donors (Lipinski definition) is 1. The number of carbonyl (C=O) groups is 1. The molecule has 4 heterocycles. The van der Waals surface area contributed by atoms with E-state index in [4.69, 9.17) is 0 Å². The van der Waals surface area contributed by atoms with E-state index in [0.29, 0.717) is 0 Å². The number of thiophene rings is 1. The summed E-state index contributed by atoms with van der Waals surface area (Å²) in [6.45, 7) is 6.27. The van der Waals surface area contributed by atoms with E-state index in [1.165, 1.54) is 12.8 Å². The first-order valence-corrected chi connectivity index (χ1v) is 10.8. The Hall–Kier alpha value is -2.15. The molecular weight excluding hydrogens is 358 g/mol. The van der Waals surface area contributed by atoms with Crippen molar-refractivity contribution in [1.82, 2.24) is 15.3 Å². The van der Waals surface area contributed by atoms with Crippen molar-refractivity contribution in [2.45, 2.75) is 38.6 Å². The number of aromatic nitrogens is 2. The summed E-state index contributed by atoms with van der Waals surface area (Å²) >= 11 is 1.55. The zero-order valence-electron chi connectivity index (χ0n) is 15.8. The van der Waals surface area contributed by atoms with Gasteiger partial charge in [-0.15, -0.1) is 0 Å². The van der Waals surface area contributed by atoms with Gasteiger partial charge in [0.05, 0.1) is 0 Å². The number of anilines is 2. The third kappa shape index (κ3) is 4.40. The first-order valence-electron chi connectivity index (χ1n) is 9.84. The Balaban J connectivity index is 1.34. The molecule has 2 aliphatic heterocycles. The normalized spacial score (nSPS) is 21.3. The van der Waals surface area contributed by atoms with E-state index in [-0.39, 0.29) is 11.9 Å². The molecule has 2 aromatic rings. The second-order valence-corrected chi connectivity index (χ2v) is 8.45. The fourth-order valence-corrected chi connectivity index (χ4v) is 4.63. The van der Waals surface area contributed by atoms with E-state index in [2.05, 4.69) is 38.1 Å². The smallest absolute Gasteiger partial charge is 0.252 e. The molecule has 0 radical (unpaired) electrons. The Morgan fingerprint density at radius 3 is 2.63 bits per heavy atom. The number of rotatable bonds is 4. The van der Waals surface area contributed by atoms with Crippen molar-refractivity contribution in [3.8, 4) is 0 Å². The maximum absolute atomic E-state index is 12.2. The number of amides is 1. The van der Waals surface area contributed by atoms with Crippen molar-refractivity contribution >= 4 is 28.9 Å². The van der Waals surface area contributed by atoms with Crippen LogP contribution in [0.15, 0.2) is 29.2 Å². The van der Waals surface area contributed by atoms with Crippen molar-refractivity contribution in [1.29, 1.82) is 0 Å². The van der Waals surface area contributed by atoms with Crippen LogP contribution in [-0.4, -0.2) is 48.1 Å². The van der Waals surface area contributed by atoms with Crippen LogP contribution in [0.3, 0.4) is 0 Å². The Morgan fingerprint density at radius 1 is 1.15 bits per heavy atom. The predicted molar refractivity (Wildman–Crippen MR) is 110 cm³/mol. The molecule has 1 N–H and O–H groups in total. The van der Waals surface area contributed by atoms with E-state index in [1.807, 2.05) is 16.8 Å². The van der Waals surface area contributed by atoms with Crippen LogP contribution in [-0.2, 0) is 0 Å². The second kappa shape index (κ2) is 8.25. The quantitative estimate of drug-likeness (QED) is 0.876. The Kier molecular flexibility index (Phi) is 5.57. The largest absolute Gasteiger partial charge is 0.356 e. The van der Waals surface area contributed by atoms with Crippen LogP contribution in [0.1, 0.15) is 43.0 Å². The van der Waals surface area contributed by atoms with E-state index >= 15 is 0 Å². The monoisotopic (exact) mass is 385 g/mol. The van der Waals surface area contributed by atoms with Crippen molar-refractivity contribution in [2.75, 3.05) is 36.0 Å². The molecule has 144 valence electrons. The van der Waals surface area contributed by atoms with Gasteiger partial charge in [0.1, 0.15) is 18.0 Å². The third-order valence-corrected chi connectivity index (χ3v) is 6.24. The number of nitrogens with zero attached hydrogens (tertiary/aromatic N) is 4. The molecule has 2 saturated heterocycles. The summed E-state index contributed by atoms with van der Waals surface area (Å²) in [6, 6.07) is 4.24. The third-order valence-electron chi connectivity index (χ3n) is 5.56. The van der Waals surface area contributed by atoms with Gasteiger partial charge in [0.15, 0.2) is 0 Å². The van der Waals surface area contributed by atoms with Gasteiger partial charge in [0, 0.05) is 49.2 Å². The van der Waals surface area contributed by atoms with Crippen LogP contribution >= 0.6 is 11.3 Å². The minimum Gasteiger partial charge on any atom is -0.356 e. The Bertz CT molecular complexity index is 757. The molecule has 7 heteroatoms. The average Bonchev–Trinajstić information content (AvgIpc) is 3.24. The Morgan fingerprint density at radius 2 is 1.93 bits per heavy atom. The highest BCUT2D eigenvalue weighted by atomic mass is 32.1. The number of nitrogens with one attached hydrogen (secondary N) is 1. The van der Waals surface area contributed by atoms with Crippen molar-refractivity contribution in [2.24, 2.45) is 5.92 Å². The first kappa shape index (κ1) is 18.2. The minimum atomic E-state index is 0.0400. The molecule has 0 aliphatic carbocycles. The highest BCUT2D eigenvalue weighted by molar-refractivity contribution is 7.08. The fourth-order valence-electron chi connectivity index (χ4n) is 4.00. The van der Waals surface area contributed by atoms with E-state index < -0.39 is 0 Å². The van der Waals surface area contributed by atoms with Gasteiger partial charge in [-0.25, -0.2) is 9.97 Å². The summed E-state index contributed by atoms with van der Waals surface area (Å²) in [5, 5.41) is 7.00. The average molecular weight is 386 g/mol. The van der Waals surface area contributed by atoms with Gasteiger partial charge in [0.25, 0.3) is 5.91 Å². The van der Waals surface area contributed by atoms with Crippen LogP contribution in [0.5, 0.6) is 0 Å². The van der Waals surface area contributed by atoms with E-state index in [0.717, 1.165) is 62.1 Å². The molecule has 4 rings (SSSR count). The predicted octanol–water partition coefficient (Wildman–Crippen LogP) is 3.17. The maximum atomic E-state index is 12.2. The maximum Gasteiger partial charge on any atom is 0.252 e. The van der Waals surface area contributed by atoms with E-state index in [9.17, 15) is 4.79 Å². The molecule has 6 nitrogen and oxygen atoms in total. The van der Waals surface area contributed by atoms with Gasteiger partial charge in [-0.2, -0.15) is 11.3 Å². The van der Waals surface area contributed by atoms with Gasteiger partial charge in [-0.1, -0.05) is 6.92 Å². The lowest BCUT2D eigenvalue weighted by Gasteiger charge is -2.35. The SMILES string of the molecule is CC1CCCN(c2cc(N3CCC(NC(=O)c4ccsc4)CC3)ncn2)C1. The van der Waals surface area contributed by atoms with Gasteiger partial charge in [0.2, 0.25) is 0 Å². The summed E-state index contributed by atoms with van der Waals surface area (Å²) in [4.78, 5) is 25.9. The molecule has 1 amide bonds. The van der Waals surface area contributed by atoms with Crippen molar-refractivity contribution in [3.63, 3.8) is 0 Å². The topological polar surface area (TPSA) is 61.4 Å². The zero-order valence-corrected chi connectivity index (χ0v) is 16.6. The summed E-state index contributed by atoms with van der Waals surface area (Å²) in [6.07, 6.45) is 6.11. The number of piperidine rings is 2. The molecule has 0 saturated carbocycles. The van der Waals surface area contributed by atoms with Crippen molar-refractivity contribution in [3.05, 3.63) is 34.8 Å². The highest BCUT2D eigenvalue weighted by Crippen LogP contribution is 2.25. The molecule has 0 aromatic carbocycles. The molecule has 1 unspecified atom stereocenters. The van der Waals surface area contributed by atoms with Crippen molar-refractivity contribution < 1.29 is 4.79 Å². The van der Waals surface area contributed by atoms with Crippen LogP contribution < -0.4 is 15.1 Å². The summed E-state index contributed by atoms with van der Waals surface area (Å²) in [5.74, 6) is 2.80. The fraction of sp³-hybridized carbons (Fsp3) is 0.550. The molecular formula is C20H27N5OS. The summed E-state index contributed by atoms with van der Waals surface area (Å²) in [5.41, 5.74) is 0.763. The number of carbonyl (C=O) groups excluding carboxylic acids is 1. The lowest BCUT2D eigenvalue weighted by Crippen LogP contribution is -2.45. The van der Waals surface area contributed by atoms with Gasteiger partial charge in [-0.05, 0) is 43.0 Å². The lowest BCUT2D eigenvalue weighted by atomic mass is 10.0. The molecule has 2 fully saturated rings.